The second-order valence-corrected chi connectivity index (χ2v) is 13.2. The van der Waals surface area contributed by atoms with Gasteiger partial charge >= 0.3 is 0 Å². The van der Waals surface area contributed by atoms with Crippen molar-refractivity contribution in [1.29, 1.82) is 0 Å². The van der Waals surface area contributed by atoms with Crippen LogP contribution >= 0.6 is 0 Å². The van der Waals surface area contributed by atoms with Crippen LogP contribution in [0.3, 0.4) is 0 Å². The molecule has 0 aliphatic heterocycles. The molecule has 0 bridgehead atoms. The van der Waals surface area contributed by atoms with Gasteiger partial charge < -0.3 is 4.42 Å². The lowest BCUT2D eigenvalue weighted by atomic mass is 9.93. The quantitative estimate of drug-likeness (QED) is 0.185. The van der Waals surface area contributed by atoms with E-state index in [1.54, 1.807) is 0 Å². The molecule has 51 heavy (non-hydrogen) atoms. The van der Waals surface area contributed by atoms with Crippen molar-refractivity contribution in [3.05, 3.63) is 169 Å². The number of allylic oxidation sites excluding steroid dienone is 1. The molecule has 7 aromatic carbocycles. The first-order valence-corrected chi connectivity index (χ1v) is 17.4. The fourth-order valence-electron chi connectivity index (χ4n) is 7.34. The molecule has 4 nitrogen and oxygen atoms in total. The molecule has 0 saturated carbocycles. The first-order chi connectivity index (χ1) is 25.2. The van der Waals surface area contributed by atoms with Crippen molar-refractivity contribution in [2.45, 2.75) is 12.8 Å². The summed E-state index contributed by atoms with van der Waals surface area (Å²) in [5, 5.41) is 4.52. The number of hydrogen-bond donors (Lipinski definition) is 0. The minimum absolute atomic E-state index is 0.639. The van der Waals surface area contributed by atoms with Crippen molar-refractivity contribution < 1.29 is 4.42 Å². The lowest BCUT2D eigenvalue weighted by Crippen LogP contribution is -2.00. The molecule has 0 spiro atoms. The van der Waals surface area contributed by atoms with E-state index in [-0.39, 0.29) is 0 Å². The zero-order valence-corrected chi connectivity index (χ0v) is 27.8. The highest BCUT2D eigenvalue weighted by Crippen LogP contribution is 2.38. The van der Waals surface area contributed by atoms with Crippen LogP contribution in [0, 0.1) is 0 Å². The van der Waals surface area contributed by atoms with Crippen LogP contribution in [0.5, 0.6) is 0 Å². The van der Waals surface area contributed by atoms with E-state index in [1.807, 2.05) is 48.5 Å². The van der Waals surface area contributed by atoms with Gasteiger partial charge in [0.05, 0.1) is 0 Å². The lowest BCUT2D eigenvalue weighted by Gasteiger charge is -2.13. The summed E-state index contributed by atoms with van der Waals surface area (Å²) in [6.45, 7) is 0. The molecule has 2 heterocycles. The van der Waals surface area contributed by atoms with Gasteiger partial charge in [0.1, 0.15) is 11.2 Å². The minimum Gasteiger partial charge on any atom is -0.456 e. The first-order valence-electron chi connectivity index (χ1n) is 17.4. The fraction of sp³-hybridized carbons (Fsp3) is 0.0426. The minimum atomic E-state index is 0.639. The summed E-state index contributed by atoms with van der Waals surface area (Å²) in [5.74, 6) is 1.93. The van der Waals surface area contributed by atoms with Gasteiger partial charge in [0, 0.05) is 27.5 Å². The average molecular weight is 654 g/mol. The maximum Gasteiger partial charge on any atom is 0.164 e. The SMILES string of the molecule is C1=Cc2cc(-c3ccc(-c4nc(-c5ccccc5)nc(-c5ccc6ccc(-c7cccc8oc9ccccc9c78)cc6c5)n4)cc3)ccc2CC1. The molecular formula is C47H31N3O. The van der Waals surface area contributed by atoms with Crippen LogP contribution in [0.2, 0.25) is 0 Å². The Labute approximate surface area is 295 Å². The molecular weight excluding hydrogens is 623 g/mol. The summed E-state index contributed by atoms with van der Waals surface area (Å²) in [7, 11) is 0. The topological polar surface area (TPSA) is 51.8 Å². The van der Waals surface area contributed by atoms with Gasteiger partial charge in [0.2, 0.25) is 0 Å². The number of nitrogens with zero attached hydrogens (tertiary/aromatic N) is 3. The molecule has 0 atom stereocenters. The third-order valence-electron chi connectivity index (χ3n) is 9.98. The summed E-state index contributed by atoms with van der Waals surface area (Å²) >= 11 is 0. The molecule has 1 aliphatic rings. The monoisotopic (exact) mass is 653 g/mol. The van der Waals surface area contributed by atoms with Crippen LogP contribution in [0.25, 0.3) is 95.2 Å². The van der Waals surface area contributed by atoms with Gasteiger partial charge in [-0.25, -0.2) is 15.0 Å². The van der Waals surface area contributed by atoms with Crippen molar-refractivity contribution in [2.75, 3.05) is 0 Å². The zero-order valence-electron chi connectivity index (χ0n) is 27.8. The summed E-state index contributed by atoms with van der Waals surface area (Å²) in [6, 6.07) is 53.1. The van der Waals surface area contributed by atoms with E-state index in [1.165, 1.54) is 22.3 Å². The number of hydrogen-bond acceptors (Lipinski definition) is 4. The molecule has 0 unspecified atom stereocenters. The second kappa shape index (κ2) is 12.0. The number of aromatic nitrogens is 3. The summed E-state index contributed by atoms with van der Waals surface area (Å²) in [4.78, 5) is 15.1. The molecule has 0 N–H and O–H groups in total. The summed E-state index contributed by atoms with van der Waals surface area (Å²) in [6.07, 6.45) is 6.72. The van der Waals surface area contributed by atoms with Crippen molar-refractivity contribution in [1.82, 2.24) is 15.0 Å². The highest BCUT2D eigenvalue weighted by atomic mass is 16.3. The molecule has 0 radical (unpaired) electrons. The van der Waals surface area contributed by atoms with Crippen molar-refractivity contribution in [2.24, 2.45) is 0 Å². The van der Waals surface area contributed by atoms with E-state index in [0.29, 0.717) is 17.5 Å². The molecule has 2 aromatic heterocycles. The standard InChI is InChI=1S/C47H31N3O/c1-2-10-33(11-3-1)45-48-46(34-22-17-31(18-23-34)36-24-19-30-9-4-5-12-35(30)27-36)50-47(49-45)38-26-21-32-20-25-37(28-39(32)29-38)40-14-8-16-43-44(40)41-13-6-7-15-42(41)51-43/h1-3,5-8,10-29H,4,9H2. The molecule has 9 aromatic rings. The third kappa shape index (κ3) is 5.29. The number of benzene rings is 7. The van der Waals surface area contributed by atoms with Crippen LogP contribution in [0.4, 0.5) is 0 Å². The van der Waals surface area contributed by atoms with Gasteiger partial charge in [-0.15, -0.1) is 0 Å². The first kappa shape index (κ1) is 29.3. The van der Waals surface area contributed by atoms with E-state index in [9.17, 15) is 0 Å². The fourth-order valence-corrected chi connectivity index (χ4v) is 7.34. The largest absolute Gasteiger partial charge is 0.456 e. The van der Waals surface area contributed by atoms with Gasteiger partial charge in [0.15, 0.2) is 17.5 Å². The van der Waals surface area contributed by atoms with Gasteiger partial charge in [-0.2, -0.15) is 0 Å². The van der Waals surface area contributed by atoms with E-state index in [2.05, 4.69) is 115 Å². The summed E-state index contributed by atoms with van der Waals surface area (Å²) in [5.41, 5.74) is 12.0. The molecule has 0 saturated heterocycles. The Balaban J connectivity index is 1.06. The van der Waals surface area contributed by atoms with E-state index < -0.39 is 0 Å². The number of aryl methyl sites for hydroxylation is 1. The maximum absolute atomic E-state index is 6.20. The predicted octanol–water partition coefficient (Wildman–Crippen LogP) is 12.2. The Morgan fingerprint density at radius 1 is 0.451 bits per heavy atom. The third-order valence-corrected chi connectivity index (χ3v) is 9.98. The molecule has 0 amide bonds. The smallest absolute Gasteiger partial charge is 0.164 e. The Morgan fingerprint density at radius 2 is 1.10 bits per heavy atom. The van der Waals surface area contributed by atoms with Crippen molar-refractivity contribution >= 4 is 38.8 Å². The number of furan rings is 1. The van der Waals surface area contributed by atoms with Crippen molar-refractivity contribution in [3.63, 3.8) is 0 Å². The van der Waals surface area contributed by atoms with Crippen LogP contribution < -0.4 is 0 Å². The molecule has 4 heteroatoms. The van der Waals surface area contributed by atoms with Crippen LogP contribution in [-0.2, 0) is 6.42 Å². The normalized spacial score (nSPS) is 12.5. The van der Waals surface area contributed by atoms with E-state index in [4.69, 9.17) is 19.4 Å². The Morgan fingerprint density at radius 3 is 1.94 bits per heavy atom. The van der Waals surface area contributed by atoms with Gasteiger partial charge in [-0.1, -0.05) is 133 Å². The molecule has 1 aliphatic carbocycles. The van der Waals surface area contributed by atoms with E-state index in [0.717, 1.165) is 73.4 Å². The molecule has 10 rings (SSSR count). The molecule has 240 valence electrons. The van der Waals surface area contributed by atoms with Crippen LogP contribution in [0.1, 0.15) is 17.5 Å². The van der Waals surface area contributed by atoms with Crippen LogP contribution in [-0.4, -0.2) is 15.0 Å². The lowest BCUT2D eigenvalue weighted by molar-refractivity contribution is 0.669. The van der Waals surface area contributed by atoms with E-state index >= 15 is 0 Å². The summed E-state index contributed by atoms with van der Waals surface area (Å²) < 4.78 is 6.20. The van der Waals surface area contributed by atoms with Crippen molar-refractivity contribution in [3.8, 4) is 56.4 Å². The van der Waals surface area contributed by atoms with Crippen LogP contribution in [0.15, 0.2) is 162 Å². The van der Waals surface area contributed by atoms with Gasteiger partial charge in [-0.05, 0) is 87.3 Å². The highest BCUT2D eigenvalue weighted by Gasteiger charge is 2.16. The average Bonchev–Trinajstić information content (AvgIpc) is 3.59. The second-order valence-electron chi connectivity index (χ2n) is 13.2. The Hall–Kier alpha value is -6.65. The molecule has 0 fully saturated rings. The number of fused-ring (bicyclic) bond motifs is 5. The Kier molecular flexibility index (Phi) is 6.91. The maximum atomic E-state index is 6.20. The predicted molar refractivity (Wildman–Crippen MR) is 209 cm³/mol. The highest BCUT2D eigenvalue weighted by molar-refractivity contribution is 6.12. The zero-order chi connectivity index (χ0) is 33.7. The number of para-hydroxylation sites is 1. The number of rotatable bonds is 5. The van der Waals surface area contributed by atoms with Gasteiger partial charge in [-0.3, -0.25) is 0 Å². The van der Waals surface area contributed by atoms with Gasteiger partial charge in [0.25, 0.3) is 0 Å². The Bertz CT molecular complexity index is 2800.